The molecule has 140 valence electrons. The van der Waals surface area contributed by atoms with Crippen LogP contribution in [0.4, 0.5) is 0 Å². The summed E-state index contributed by atoms with van der Waals surface area (Å²) < 4.78 is 21.2. The van der Waals surface area contributed by atoms with Gasteiger partial charge in [0.1, 0.15) is 17.9 Å². The monoisotopic (exact) mass is 388 g/mol. The summed E-state index contributed by atoms with van der Waals surface area (Å²) in [7, 11) is 0. The molecule has 0 atom stereocenters. The van der Waals surface area contributed by atoms with Crippen molar-refractivity contribution in [3.63, 3.8) is 0 Å². The first-order chi connectivity index (χ1) is 13.1. The summed E-state index contributed by atoms with van der Waals surface area (Å²) in [4.78, 5) is 24.2. The molecule has 0 saturated carbocycles. The lowest BCUT2D eigenvalue weighted by atomic mass is 10.1. The molecule has 7 heteroatoms. The number of hydrogen-bond donors (Lipinski definition) is 0. The molecule has 0 unspecified atom stereocenters. The van der Waals surface area contributed by atoms with Crippen LogP contribution in [0.25, 0.3) is 11.0 Å². The molecule has 0 fully saturated rings. The summed E-state index contributed by atoms with van der Waals surface area (Å²) in [6.07, 6.45) is 0. The van der Waals surface area contributed by atoms with Crippen molar-refractivity contribution >= 4 is 34.5 Å². The molecule has 0 bridgehead atoms. The van der Waals surface area contributed by atoms with Crippen molar-refractivity contribution in [1.82, 2.24) is 0 Å². The molecule has 1 aromatic heterocycles. The summed E-state index contributed by atoms with van der Waals surface area (Å²) in [5, 5.41) is 1.08. The van der Waals surface area contributed by atoms with Crippen LogP contribution < -0.4 is 4.74 Å². The van der Waals surface area contributed by atoms with Gasteiger partial charge in [-0.2, -0.15) is 0 Å². The minimum atomic E-state index is -0.605. The highest BCUT2D eigenvalue weighted by molar-refractivity contribution is 6.32. The van der Waals surface area contributed by atoms with Gasteiger partial charge in [-0.15, -0.1) is 0 Å². The molecule has 1 heterocycles. The lowest BCUT2D eigenvalue weighted by Crippen LogP contribution is -2.16. The fraction of sp³-hybridized carbons (Fsp3) is 0.200. The molecule has 27 heavy (non-hydrogen) atoms. The van der Waals surface area contributed by atoms with Gasteiger partial charge >= 0.3 is 11.9 Å². The smallest absolute Gasteiger partial charge is 0.374 e. The first-order valence-electron chi connectivity index (χ1n) is 8.30. The first kappa shape index (κ1) is 18.8. The minimum absolute atomic E-state index is 0.0258. The number of carbonyl (C=O) groups excluding carboxylic acids is 2. The molecular formula is C20H17ClO6. The van der Waals surface area contributed by atoms with Gasteiger partial charge in [-0.25, -0.2) is 9.59 Å². The largest absolute Gasteiger partial charge is 0.480 e. The maximum atomic E-state index is 12.1. The molecule has 3 rings (SSSR count). The molecular weight excluding hydrogens is 372 g/mol. The van der Waals surface area contributed by atoms with Crippen LogP contribution in [-0.2, 0) is 20.9 Å². The number of esters is 2. The van der Waals surface area contributed by atoms with E-state index in [9.17, 15) is 9.59 Å². The number of ether oxygens (including phenoxy) is 3. The molecule has 6 nitrogen and oxygen atoms in total. The fourth-order valence-corrected chi connectivity index (χ4v) is 2.69. The number of rotatable bonds is 7. The predicted molar refractivity (Wildman–Crippen MR) is 98.9 cm³/mol. The number of carbonyl (C=O) groups is 2. The Morgan fingerprint density at radius 1 is 1.04 bits per heavy atom. The van der Waals surface area contributed by atoms with E-state index in [1.807, 2.05) is 0 Å². The Balaban J connectivity index is 1.70. The van der Waals surface area contributed by atoms with Crippen LogP contribution in [0.5, 0.6) is 5.75 Å². The molecule has 0 aliphatic carbocycles. The SMILES string of the molecule is CCOC(=O)c1oc2ccccc2c1COC(=O)COc1ccccc1Cl. The molecule has 0 aliphatic rings. The van der Waals surface area contributed by atoms with Crippen LogP contribution in [0, 0.1) is 0 Å². The van der Waals surface area contributed by atoms with Crippen molar-refractivity contribution in [2.24, 2.45) is 0 Å². The third kappa shape index (κ3) is 4.41. The molecule has 0 radical (unpaired) electrons. The third-order valence-corrected chi connectivity index (χ3v) is 4.03. The first-order valence-corrected chi connectivity index (χ1v) is 8.68. The van der Waals surface area contributed by atoms with Crippen LogP contribution in [0.3, 0.4) is 0 Å². The van der Waals surface area contributed by atoms with Gasteiger partial charge in [0.2, 0.25) is 5.76 Å². The van der Waals surface area contributed by atoms with Crippen LogP contribution in [0.2, 0.25) is 5.02 Å². The van der Waals surface area contributed by atoms with Crippen LogP contribution in [-0.4, -0.2) is 25.2 Å². The van der Waals surface area contributed by atoms with Gasteiger partial charge < -0.3 is 18.6 Å². The lowest BCUT2D eigenvalue weighted by Gasteiger charge is -2.08. The Morgan fingerprint density at radius 2 is 1.78 bits per heavy atom. The number of hydrogen-bond acceptors (Lipinski definition) is 6. The minimum Gasteiger partial charge on any atom is -0.480 e. The van der Waals surface area contributed by atoms with E-state index in [4.69, 9.17) is 30.2 Å². The summed E-state index contributed by atoms with van der Waals surface area (Å²) in [5.74, 6) is -0.794. The van der Waals surface area contributed by atoms with E-state index in [0.29, 0.717) is 27.3 Å². The molecule has 0 aliphatic heterocycles. The molecule has 2 aromatic carbocycles. The average molecular weight is 389 g/mol. The van der Waals surface area contributed by atoms with Crippen molar-refractivity contribution < 1.29 is 28.2 Å². The second-order valence-corrected chi connectivity index (χ2v) is 5.91. The number of benzene rings is 2. The Bertz CT molecular complexity index is 962. The number of para-hydroxylation sites is 2. The van der Waals surface area contributed by atoms with E-state index in [2.05, 4.69) is 0 Å². The number of fused-ring (bicyclic) bond motifs is 1. The Kier molecular flexibility index (Phi) is 5.98. The van der Waals surface area contributed by atoms with Crippen LogP contribution in [0.15, 0.2) is 52.9 Å². The van der Waals surface area contributed by atoms with Gasteiger partial charge in [0.25, 0.3) is 0 Å². The molecule has 0 N–H and O–H groups in total. The van der Waals surface area contributed by atoms with E-state index in [-0.39, 0.29) is 25.6 Å². The summed E-state index contributed by atoms with van der Waals surface area (Å²) in [6.45, 7) is 1.46. The second-order valence-electron chi connectivity index (χ2n) is 5.51. The Hall–Kier alpha value is -2.99. The lowest BCUT2D eigenvalue weighted by molar-refractivity contribution is -0.147. The Labute approximate surface area is 160 Å². The van der Waals surface area contributed by atoms with Gasteiger partial charge in [0.05, 0.1) is 17.2 Å². The van der Waals surface area contributed by atoms with Gasteiger partial charge in [-0.05, 0) is 25.1 Å². The maximum absolute atomic E-state index is 12.1. The van der Waals surface area contributed by atoms with Crippen molar-refractivity contribution in [2.75, 3.05) is 13.2 Å². The third-order valence-electron chi connectivity index (χ3n) is 3.72. The summed E-state index contributed by atoms with van der Waals surface area (Å²) in [5.41, 5.74) is 0.967. The molecule has 0 amide bonds. The fourth-order valence-electron chi connectivity index (χ4n) is 2.50. The molecule has 0 spiro atoms. The number of furan rings is 1. The average Bonchev–Trinajstić information content (AvgIpc) is 3.05. The second kappa shape index (κ2) is 8.60. The van der Waals surface area contributed by atoms with Crippen molar-refractivity contribution in [2.45, 2.75) is 13.5 Å². The van der Waals surface area contributed by atoms with Crippen molar-refractivity contribution in [3.8, 4) is 5.75 Å². The van der Waals surface area contributed by atoms with E-state index in [1.165, 1.54) is 0 Å². The maximum Gasteiger partial charge on any atom is 0.374 e. The van der Waals surface area contributed by atoms with Crippen LogP contribution in [0.1, 0.15) is 23.0 Å². The van der Waals surface area contributed by atoms with Gasteiger partial charge in [-0.3, -0.25) is 0 Å². The van der Waals surface area contributed by atoms with E-state index in [1.54, 1.807) is 55.5 Å². The summed E-state index contributed by atoms with van der Waals surface area (Å²) in [6, 6.07) is 13.9. The quantitative estimate of drug-likeness (QED) is 0.559. The van der Waals surface area contributed by atoms with Gasteiger partial charge in [0, 0.05) is 5.39 Å². The summed E-state index contributed by atoms with van der Waals surface area (Å²) >= 11 is 5.98. The zero-order valence-electron chi connectivity index (χ0n) is 14.6. The zero-order chi connectivity index (χ0) is 19.2. The standard InChI is InChI=1S/C20H17ClO6/c1-2-24-20(23)19-14(13-7-3-5-9-16(13)27-19)11-26-18(22)12-25-17-10-6-4-8-15(17)21/h3-10H,2,11-12H2,1H3. The number of halogens is 1. The van der Waals surface area contributed by atoms with E-state index < -0.39 is 11.9 Å². The van der Waals surface area contributed by atoms with Crippen molar-refractivity contribution in [1.29, 1.82) is 0 Å². The highest BCUT2D eigenvalue weighted by Gasteiger charge is 2.22. The van der Waals surface area contributed by atoms with Crippen molar-refractivity contribution in [3.05, 3.63) is 64.9 Å². The van der Waals surface area contributed by atoms with Gasteiger partial charge in [0.15, 0.2) is 6.61 Å². The predicted octanol–water partition coefficient (Wildman–Crippen LogP) is 4.39. The van der Waals surface area contributed by atoms with Gasteiger partial charge in [-0.1, -0.05) is 41.9 Å². The highest BCUT2D eigenvalue weighted by atomic mass is 35.5. The Morgan fingerprint density at radius 3 is 2.56 bits per heavy atom. The van der Waals surface area contributed by atoms with E-state index >= 15 is 0 Å². The van der Waals surface area contributed by atoms with E-state index in [0.717, 1.165) is 0 Å². The zero-order valence-corrected chi connectivity index (χ0v) is 15.3. The topological polar surface area (TPSA) is 75.0 Å². The van der Waals surface area contributed by atoms with Crippen LogP contribution >= 0.6 is 11.6 Å². The molecule has 3 aromatic rings. The highest BCUT2D eigenvalue weighted by Crippen LogP contribution is 2.27. The normalized spacial score (nSPS) is 10.6. The molecule has 0 saturated heterocycles.